The summed E-state index contributed by atoms with van der Waals surface area (Å²) in [6.45, 7) is 3.79. The predicted molar refractivity (Wildman–Crippen MR) is 56.1 cm³/mol. The van der Waals surface area contributed by atoms with Gasteiger partial charge in [-0.1, -0.05) is 13.8 Å². The summed E-state index contributed by atoms with van der Waals surface area (Å²) >= 11 is 1.10. The van der Waals surface area contributed by atoms with Gasteiger partial charge in [-0.25, -0.2) is 4.79 Å². The summed E-state index contributed by atoms with van der Waals surface area (Å²) in [6, 6.07) is 1.90. The van der Waals surface area contributed by atoms with Crippen LogP contribution in [0.25, 0.3) is 0 Å². The van der Waals surface area contributed by atoms with Crippen LogP contribution in [0.1, 0.15) is 39.9 Å². The molecule has 0 atom stereocenters. The lowest BCUT2D eigenvalue weighted by molar-refractivity contribution is 0.0603. The molecule has 80 valence electrons. The first kappa shape index (κ1) is 11.5. The molecule has 0 saturated heterocycles. The van der Waals surface area contributed by atoms with Crippen molar-refractivity contribution in [1.29, 1.82) is 5.26 Å². The minimum Gasteiger partial charge on any atom is -0.505 e. The number of methoxy groups -OCH3 is 1. The maximum absolute atomic E-state index is 11.3. The van der Waals surface area contributed by atoms with E-state index in [2.05, 4.69) is 4.74 Å². The highest BCUT2D eigenvalue weighted by molar-refractivity contribution is 7.14. The van der Waals surface area contributed by atoms with Gasteiger partial charge in [-0.2, -0.15) is 5.26 Å². The topological polar surface area (TPSA) is 70.3 Å². The summed E-state index contributed by atoms with van der Waals surface area (Å²) < 4.78 is 4.51. The van der Waals surface area contributed by atoms with E-state index in [1.54, 1.807) is 0 Å². The Balaban J connectivity index is 3.35. The monoisotopic (exact) mass is 225 g/mol. The lowest BCUT2D eigenvalue weighted by atomic mass is 10.1. The lowest BCUT2D eigenvalue weighted by Gasteiger charge is -1.99. The molecule has 0 aromatic carbocycles. The summed E-state index contributed by atoms with van der Waals surface area (Å²) in [5.41, 5.74) is 0.176. The van der Waals surface area contributed by atoms with Crippen LogP contribution in [0, 0.1) is 11.3 Å². The third-order valence-electron chi connectivity index (χ3n) is 1.92. The fourth-order valence-electron chi connectivity index (χ4n) is 1.19. The molecule has 1 N–H and O–H groups in total. The molecule has 0 radical (unpaired) electrons. The van der Waals surface area contributed by atoms with Gasteiger partial charge in [0.25, 0.3) is 0 Å². The third-order valence-corrected chi connectivity index (χ3v) is 3.38. The molecule has 0 saturated carbocycles. The van der Waals surface area contributed by atoms with Gasteiger partial charge in [0.1, 0.15) is 11.6 Å². The van der Waals surface area contributed by atoms with Crippen LogP contribution in [-0.2, 0) is 4.74 Å². The van der Waals surface area contributed by atoms with Crippen molar-refractivity contribution in [3.8, 4) is 11.8 Å². The van der Waals surface area contributed by atoms with Crippen molar-refractivity contribution in [2.24, 2.45) is 0 Å². The molecule has 0 fully saturated rings. The number of thiophene rings is 1. The molecule has 0 unspecified atom stereocenters. The Morgan fingerprint density at radius 3 is 2.53 bits per heavy atom. The van der Waals surface area contributed by atoms with Crippen molar-refractivity contribution in [2.75, 3.05) is 7.11 Å². The number of hydrogen-bond acceptors (Lipinski definition) is 5. The number of rotatable bonds is 2. The minimum atomic E-state index is -0.610. The lowest BCUT2D eigenvalue weighted by Crippen LogP contribution is -1.97. The van der Waals surface area contributed by atoms with Crippen molar-refractivity contribution in [3.63, 3.8) is 0 Å². The quantitative estimate of drug-likeness (QED) is 0.783. The number of esters is 1. The van der Waals surface area contributed by atoms with E-state index < -0.39 is 5.97 Å². The number of nitrogens with zero attached hydrogens (tertiary/aromatic N) is 1. The summed E-state index contributed by atoms with van der Waals surface area (Å²) in [7, 11) is 1.24. The number of ether oxygens (including phenoxy) is 1. The molecule has 1 aromatic heterocycles. The predicted octanol–water partition coefficient (Wildman–Crippen LogP) is 2.24. The van der Waals surface area contributed by atoms with Gasteiger partial charge in [-0.05, 0) is 5.92 Å². The molecule has 0 bridgehead atoms. The van der Waals surface area contributed by atoms with E-state index in [1.807, 2.05) is 19.9 Å². The zero-order valence-electron chi connectivity index (χ0n) is 8.70. The molecule has 0 spiro atoms. The van der Waals surface area contributed by atoms with Crippen LogP contribution in [0.5, 0.6) is 5.75 Å². The first-order valence-electron chi connectivity index (χ1n) is 4.37. The van der Waals surface area contributed by atoms with Crippen molar-refractivity contribution in [2.45, 2.75) is 19.8 Å². The van der Waals surface area contributed by atoms with E-state index in [4.69, 9.17) is 5.26 Å². The third kappa shape index (κ3) is 1.95. The number of carbonyl (C=O) groups is 1. The van der Waals surface area contributed by atoms with E-state index >= 15 is 0 Å². The summed E-state index contributed by atoms with van der Waals surface area (Å²) in [5.74, 6) is -0.784. The summed E-state index contributed by atoms with van der Waals surface area (Å²) in [4.78, 5) is 12.1. The molecule has 0 aliphatic heterocycles. The molecule has 1 heterocycles. The van der Waals surface area contributed by atoms with Gasteiger partial charge >= 0.3 is 5.97 Å². The van der Waals surface area contributed by atoms with Crippen molar-refractivity contribution in [3.05, 3.63) is 15.3 Å². The first-order valence-corrected chi connectivity index (χ1v) is 5.18. The molecule has 4 nitrogen and oxygen atoms in total. The van der Waals surface area contributed by atoms with Crippen LogP contribution in [-0.4, -0.2) is 18.2 Å². The van der Waals surface area contributed by atoms with Gasteiger partial charge in [0, 0.05) is 4.88 Å². The van der Waals surface area contributed by atoms with E-state index in [-0.39, 0.29) is 22.1 Å². The SMILES string of the molecule is COC(=O)c1sc(C(C)C)c(C#N)c1O. The average molecular weight is 225 g/mol. The van der Waals surface area contributed by atoms with Crippen LogP contribution >= 0.6 is 11.3 Å². The van der Waals surface area contributed by atoms with Crippen LogP contribution in [0.2, 0.25) is 0 Å². The zero-order valence-corrected chi connectivity index (χ0v) is 9.51. The van der Waals surface area contributed by atoms with Crippen LogP contribution < -0.4 is 0 Å². The Hall–Kier alpha value is -1.54. The highest BCUT2D eigenvalue weighted by Crippen LogP contribution is 2.38. The molecule has 1 rings (SSSR count). The van der Waals surface area contributed by atoms with Gasteiger partial charge in [0.2, 0.25) is 0 Å². The van der Waals surface area contributed by atoms with E-state index in [9.17, 15) is 9.90 Å². The van der Waals surface area contributed by atoms with Gasteiger partial charge in [0.15, 0.2) is 10.6 Å². The summed E-state index contributed by atoms with van der Waals surface area (Å²) in [5, 5.41) is 18.5. The molecule has 1 aromatic rings. The Bertz CT molecular complexity index is 429. The molecular formula is C10H11NO3S. The second-order valence-electron chi connectivity index (χ2n) is 3.28. The Morgan fingerprint density at radius 1 is 1.60 bits per heavy atom. The molecule has 5 heteroatoms. The maximum atomic E-state index is 11.3. The largest absolute Gasteiger partial charge is 0.505 e. The second kappa shape index (κ2) is 4.32. The highest BCUT2D eigenvalue weighted by Gasteiger charge is 2.24. The van der Waals surface area contributed by atoms with Crippen LogP contribution in [0.3, 0.4) is 0 Å². The van der Waals surface area contributed by atoms with Crippen molar-refractivity contribution >= 4 is 17.3 Å². The maximum Gasteiger partial charge on any atom is 0.351 e. The fourth-order valence-corrected chi connectivity index (χ4v) is 2.25. The number of nitriles is 1. The van der Waals surface area contributed by atoms with Gasteiger partial charge in [0.05, 0.1) is 7.11 Å². The van der Waals surface area contributed by atoms with E-state index in [0.717, 1.165) is 11.3 Å². The number of carbonyl (C=O) groups excluding carboxylic acids is 1. The Kier molecular flexibility index (Phi) is 3.32. The van der Waals surface area contributed by atoms with Crippen LogP contribution in [0.4, 0.5) is 0 Å². The molecular weight excluding hydrogens is 214 g/mol. The average Bonchev–Trinajstić information content (AvgIpc) is 2.54. The van der Waals surface area contributed by atoms with E-state index in [0.29, 0.717) is 4.88 Å². The molecule has 0 aliphatic rings. The normalized spacial score (nSPS) is 10.1. The molecule has 0 amide bonds. The van der Waals surface area contributed by atoms with Gasteiger partial charge in [-0.15, -0.1) is 11.3 Å². The Labute approximate surface area is 91.7 Å². The fraction of sp³-hybridized carbons (Fsp3) is 0.400. The minimum absolute atomic E-state index is 0.0916. The van der Waals surface area contributed by atoms with Crippen molar-refractivity contribution in [1.82, 2.24) is 0 Å². The standard InChI is InChI=1S/C10H11NO3S/c1-5(2)8-6(4-11)7(12)9(15-8)10(13)14-3/h5,12H,1-3H3. The molecule has 0 aliphatic carbocycles. The first-order chi connectivity index (χ1) is 7.02. The van der Waals surface area contributed by atoms with E-state index in [1.165, 1.54) is 7.11 Å². The van der Waals surface area contributed by atoms with Crippen molar-refractivity contribution < 1.29 is 14.6 Å². The highest BCUT2D eigenvalue weighted by atomic mass is 32.1. The van der Waals surface area contributed by atoms with Crippen LogP contribution in [0.15, 0.2) is 0 Å². The summed E-state index contributed by atoms with van der Waals surface area (Å²) in [6.07, 6.45) is 0. The zero-order chi connectivity index (χ0) is 11.6. The van der Waals surface area contributed by atoms with Gasteiger partial charge in [-0.3, -0.25) is 0 Å². The molecule has 15 heavy (non-hydrogen) atoms. The number of aromatic hydroxyl groups is 1. The van der Waals surface area contributed by atoms with Gasteiger partial charge < -0.3 is 9.84 Å². The second-order valence-corrected chi connectivity index (χ2v) is 4.33. The number of hydrogen-bond donors (Lipinski definition) is 1. The smallest absolute Gasteiger partial charge is 0.351 e. The Morgan fingerprint density at radius 2 is 2.20 bits per heavy atom.